The lowest BCUT2D eigenvalue weighted by molar-refractivity contribution is 0.0518. The topological polar surface area (TPSA) is 101 Å². The monoisotopic (exact) mass is 315 g/mol. The molecule has 0 aliphatic carbocycles. The van der Waals surface area contributed by atoms with Gasteiger partial charge in [0.05, 0.1) is 25.5 Å². The van der Waals surface area contributed by atoms with Gasteiger partial charge >= 0.3 is 11.9 Å². The van der Waals surface area contributed by atoms with Crippen LogP contribution in [0.2, 0.25) is 0 Å². The number of pyridine rings is 1. The van der Waals surface area contributed by atoms with E-state index in [2.05, 4.69) is 15.3 Å². The number of rotatable bonds is 4. The van der Waals surface area contributed by atoms with Gasteiger partial charge in [0, 0.05) is 18.6 Å². The number of hydrogen-bond donors (Lipinski definition) is 0. The van der Waals surface area contributed by atoms with E-state index in [1.54, 1.807) is 36.0 Å². The fraction of sp³-hybridized carbons (Fsp3) is 0.214. The highest BCUT2D eigenvalue weighted by molar-refractivity contribution is 5.91. The van der Waals surface area contributed by atoms with E-state index >= 15 is 0 Å². The average molecular weight is 315 g/mol. The summed E-state index contributed by atoms with van der Waals surface area (Å²) < 4.78 is 12.6. The minimum absolute atomic E-state index is 0.0695. The van der Waals surface area contributed by atoms with Crippen molar-refractivity contribution in [1.29, 1.82) is 0 Å². The van der Waals surface area contributed by atoms with Crippen LogP contribution in [0, 0.1) is 0 Å². The number of nitrogens with zero attached hydrogens (tertiary/aromatic N) is 5. The lowest BCUT2D eigenvalue weighted by Gasteiger charge is -2.06. The maximum atomic E-state index is 11.8. The molecule has 0 saturated heterocycles. The Hall–Kier alpha value is -3.23. The summed E-state index contributed by atoms with van der Waals surface area (Å²) in [4.78, 5) is 27.7. The van der Waals surface area contributed by atoms with E-state index in [9.17, 15) is 9.59 Å². The van der Waals surface area contributed by atoms with Gasteiger partial charge in [-0.15, -0.1) is 5.10 Å². The molecule has 9 heteroatoms. The molecule has 3 heterocycles. The Morgan fingerprint density at radius 3 is 2.83 bits per heavy atom. The summed E-state index contributed by atoms with van der Waals surface area (Å²) >= 11 is 0. The van der Waals surface area contributed by atoms with Gasteiger partial charge in [-0.3, -0.25) is 0 Å². The van der Waals surface area contributed by atoms with E-state index in [4.69, 9.17) is 9.47 Å². The molecule has 0 N–H and O–H groups in total. The average Bonchev–Trinajstić information content (AvgIpc) is 3.22. The summed E-state index contributed by atoms with van der Waals surface area (Å²) in [6.07, 6.45) is 6.29. The van der Waals surface area contributed by atoms with Crippen LogP contribution in [-0.4, -0.2) is 50.0 Å². The summed E-state index contributed by atoms with van der Waals surface area (Å²) in [6.45, 7) is 1.95. The molecule has 3 rings (SSSR count). The summed E-state index contributed by atoms with van der Waals surface area (Å²) in [5.74, 6) is -1.06. The number of ether oxygens (including phenoxy) is 2. The molecule has 0 aliphatic rings. The highest BCUT2D eigenvalue weighted by Crippen LogP contribution is 2.17. The second-order valence-electron chi connectivity index (χ2n) is 4.53. The van der Waals surface area contributed by atoms with Crippen LogP contribution in [0.5, 0.6) is 0 Å². The van der Waals surface area contributed by atoms with Crippen LogP contribution in [0.15, 0.2) is 30.9 Å². The van der Waals surface area contributed by atoms with E-state index in [1.807, 2.05) is 0 Å². The van der Waals surface area contributed by atoms with Crippen molar-refractivity contribution in [3.63, 3.8) is 0 Å². The van der Waals surface area contributed by atoms with Crippen LogP contribution in [0.4, 0.5) is 0 Å². The Bertz CT molecular complexity index is 882. The number of carbonyl (C=O) groups excluding carboxylic acids is 2. The largest absolute Gasteiger partial charge is 0.465 e. The van der Waals surface area contributed by atoms with Gasteiger partial charge < -0.3 is 13.9 Å². The minimum Gasteiger partial charge on any atom is -0.465 e. The van der Waals surface area contributed by atoms with Crippen molar-refractivity contribution in [3.05, 3.63) is 42.1 Å². The maximum Gasteiger partial charge on any atom is 0.360 e. The van der Waals surface area contributed by atoms with E-state index < -0.39 is 11.9 Å². The van der Waals surface area contributed by atoms with E-state index in [0.717, 1.165) is 0 Å². The van der Waals surface area contributed by atoms with Gasteiger partial charge in [0.25, 0.3) is 0 Å². The Morgan fingerprint density at radius 1 is 1.26 bits per heavy atom. The van der Waals surface area contributed by atoms with Crippen LogP contribution in [0.1, 0.15) is 27.8 Å². The van der Waals surface area contributed by atoms with E-state index in [-0.39, 0.29) is 12.3 Å². The van der Waals surface area contributed by atoms with Crippen molar-refractivity contribution in [3.8, 4) is 5.69 Å². The molecule has 0 amide bonds. The first-order chi connectivity index (χ1) is 11.1. The van der Waals surface area contributed by atoms with Gasteiger partial charge in [0.15, 0.2) is 11.3 Å². The molecule has 0 spiro atoms. The Morgan fingerprint density at radius 2 is 2.09 bits per heavy atom. The summed E-state index contributed by atoms with van der Waals surface area (Å²) in [6, 6.07) is 1.57. The molecule has 0 aliphatic heterocycles. The second-order valence-corrected chi connectivity index (χ2v) is 4.53. The zero-order valence-electron chi connectivity index (χ0n) is 12.5. The van der Waals surface area contributed by atoms with Crippen LogP contribution < -0.4 is 0 Å². The molecular weight excluding hydrogens is 302 g/mol. The normalized spacial score (nSPS) is 10.7. The lowest BCUT2D eigenvalue weighted by Crippen LogP contribution is -2.07. The number of aromatic nitrogens is 5. The maximum absolute atomic E-state index is 11.8. The number of imidazole rings is 1. The van der Waals surface area contributed by atoms with Crippen molar-refractivity contribution in [2.45, 2.75) is 6.92 Å². The summed E-state index contributed by atoms with van der Waals surface area (Å²) in [5, 5.41) is 7.69. The predicted octanol–water partition coefficient (Wildman–Crippen LogP) is 0.878. The third kappa shape index (κ3) is 2.63. The first-order valence-electron chi connectivity index (χ1n) is 6.79. The van der Waals surface area contributed by atoms with Gasteiger partial charge in [-0.25, -0.2) is 19.3 Å². The first-order valence-corrected chi connectivity index (χ1v) is 6.79. The molecular formula is C14H13N5O4. The van der Waals surface area contributed by atoms with Gasteiger partial charge in [-0.05, 0) is 13.0 Å². The third-order valence-corrected chi connectivity index (χ3v) is 3.11. The Balaban J connectivity index is 2.10. The number of esters is 2. The molecule has 0 atom stereocenters. The van der Waals surface area contributed by atoms with Crippen LogP contribution >= 0.6 is 0 Å². The van der Waals surface area contributed by atoms with Crippen molar-refractivity contribution >= 4 is 17.6 Å². The van der Waals surface area contributed by atoms with Crippen LogP contribution in [0.3, 0.4) is 0 Å². The van der Waals surface area contributed by atoms with Crippen molar-refractivity contribution in [2.75, 3.05) is 13.7 Å². The van der Waals surface area contributed by atoms with Gasteiger partial charge in [0.2, 0.25) is 0 Å². The molecule has 118 valence electrons. The highest BCUT2D eigenvalue weighted by Gasteiger charge is 2.17. The second kappa shape index (κ2) is 5.87. The fourth-order valence-corrected chi connectivity index (χ4v) is 2.09. The molecule has 3 aromatic heterocycles. The van der Waals surface area contributed by atoms with Crippen LogP contribution in [-0.2, 0) is 9.47 Å². The van der Waals surface area contributed by atoms with Crippen molar-refractivity contribution in [1.82, 2.24) is 24.4 Å². The molecule has 0 aromatic carbocycles. The summed E-state index contributed by atoms with van der Waals surface area (Å²) in [7, 11) is 1.30. The Labute approximate surface area is 130 Å². The number of hydrogen-bond acceptors (Lipinski definition) is 7. The fourth-order valence-electron chi connectivity index (χ4n) is 2.09. The SMILES string of the molecule is CCOC(=O)c1cn(-c2cc(C(=O)OC)cn3ccnc23)nn1. The molecule has 0 bridgehead atoms. The molecule has 0 fully saturated rings. The third-order valence-electron chi connectivity index (χ3n) is 3.11. The van der Waals surface area contributed by atoms with E-state index in [1.165, 1.54) is 18.0 Å². The molecule has 9 nitrogen and oxygen atoms in total. The first kappa shape index (κ1) is 14.7. The van der Waals surface area contributed by atoms with Crippen LogP contribution in [0.25, 0.3) is 11.3 Å². The zero-order chi connectivity index (χ0) is 16.4. The molecule has 0 saturated carbocycles. The molecule has 3 aromatic rings. The van der Waals surface area contributed by atoms with Crippen molar-refractivity contribution < 1.29 is 19.1 Å². The quantitative estimate of drug-likeness (QED) is 0.659. The lowest BCUT2D eigenvalue weighted by atomic mass is 10.2. The number of methoxy groups -OCH3 is 1. The Kier molecular flexibility index (Phi) is 3.75. The van der Waals surface area contributed by atoms with Gasteiger partial charge in [0.1, 0.15) is 5.69 Å². The van der Waals surface area contributed by atoms with Gasteiger partial charge in [-0.1, -0.05) is 5.21 Å². The minimum atomic E-state index is -0.567. The smallest absolute Gasteiger partial charge is 0.360 e. The zero-order valence-corrected chi connectivity index (χ0v) is 12.5. The molecule has 23 heavy (non-hydrogen) atoms. The summed E-state index contributed by atoms with van der Waals surface area (Å²) in [5.41, 5.74) is 1.43. The number of carbonyl (C=O) groups is 2. The number of fused-ring (bicyclic) bond motifs is 1. The van der Waals surface area contributed by atoms with E-state index in [0.29, 0.717) is 16.9 Å². The molecule has 0 unspecified atom stereocenters. The standard InChI is InChI=1S/C14H13N5O4/c1-3-23-14(21)10-8-19(17-16-10)11-6-9(13(20)22-2)7-18-5-4-15-12(11)18/h4-8H,3H2,1-2H3. The van der Waals surface area contributed by atoms with Crippen molar-refractivity contribution in [2.24, 2.45) is 0 Å². The predicted molar refractivity (Wildman–Crippen MR) is 77.4 cm³/mol. The highest BCUT2D eigenvalue weighted by atomic mass is 16.5. The molecule has 0 radical (unpaired) electrons. The van der Waals surface area contributed by atoms with Gasteiger partial charge in [-0.2, -0.15) is 0 Å².